The minimum atomic E-state index is -2.71. The van der Waals surface area contributed by atoms with Gasteiger partial charge in [-0.15, -0.1) is 0 Å². The van der Waals surface area contributed by atoms with Gasteiger partial charge in [-0.05, 0) is 25.5 Å². The van der Waals surface area contributed by atoms with E-state index in [4.69, 9.17) is 10.5 Å². The van der Waals surface area contributed by atoms with E-state index in [0.29, 0.717) is 17.1 Å². The zero-order valence-corrected chi connectivity index (χ0v) is 17.3. The summed E-state index contributed by atoms with van der Waals surface area (Å²) >= 11 is 0.964. The van der Waals surface area contributed by atoms with Gasteiger partial charge in [0.15, 0.2) is 17.4 Å². The first kappa shape index (κ1) is 21.3. The fourth-order valence-corrected chi connectivity index (χ4v) is 4.44. The lowest BCUT2D eigenvalue weighted by Gasteiger charge is -2.32. The van der Waals surface area contributed by atoms with Crippen molar-refractivity contribution in [1.29, 1.82) is 0 Å². The molecule has 0 saturated carbocycles. The number of carbonyl (C=O) groups is 2. The molecular formula is C19H20F3N5O3S. The second-order valence-electron chi connectivity index (χ2n) is 7.21. The second-order valence-corrected chi connectivity index (χ2v) is 8.26. The minimum Gasteiger partial charge on any atom is -0.488 e. The van der Waals surface area contributed by atoms with Crippen molar-refractivity contribution in [2.75, 3.05) is 22.6 Å². The highest BCUT2D eigenvalue weighted by atomic mass is 32.2. The number of nitrogens with two attached hydrogens (primary N) is 1. The quantitative estimate of drug-likeness (QED) is 0.719. The Balaban J connectivity index is 1.74. The summed E-state index contributed by atoms with van der Waals surface area (Å²) in [7, 11) is 0. The van der Waals surface area contributed by atoms with Gasteiger partial charge in [0, 0.05) is 11.9 Å². The van der Waals surface area contributed by atoms with Crippen LogP contribution in [0.5, 0.6) is 5.75 Å². The van der Waals surface area contributed by atoms with Gasteiger partial charge in [-0.1, -0.05) is 11.8 Å². The van der Waals surface area contributed by atoms with E-state index in [0.717, 1.165) is 16.7 Å². The number of anilines is 2. The van der Waals surface area contributed by atoms with Crippen molar-refractivity contribution in [3.8, 4) is 17.1 Å². The number of nitrogens with zero attached hydrogens (tertiary/aromatic N) is 3. The Morgan fingerprint density at radius 3 is 2.90 bits per heavy atom. The van der Waals surface area contributed by atoms with Gasteiger partial charge in [0.05, 0.1) is 17.8 Å². The third kappa shape index (κ3) is 3.91. The molecular weight excluding hydrogens is 435 g/mol. The second kappa shape index (κ2) is 8.33. The summed E-state index contributed by atoms with van der Waals surface area (Å²) in [4.78, 5) is 29.1. The van der Waals surface area contributed by atoms with Crippen molar-refractivity contribution < 1.29 is 27.5 Å². The molecule has 2 aliphatic rings. The Bertz CT molecular complexity index is 1030. The van der Waals surface area contributed by atoms with Crippen LogP contribution in [-0.4, -0.2) is 51.6 Å². The number of alkyl halides is 2. The van der Waals surface area contributed by atoms with Gasteiger partial charge >= 0.3 is 0 Å². The monoisotopic (exact) mass is 455 g/mol. The Labute approximate surface area is 179 Å². The van der Waals surface area contributed by atoms with Crippen LogP contribution in [0.1, 0.15) is 13.3 Å². The van der Waals surface area contributed by atoms with E-state index in [1.807, 2.05) is 0 Å². The number of rotatable bonds is 5. The molecule has 3 N–H and O–H groups in total. The minimum absolute atomic E-state index is 0.0330. The van der Waals surface area contributed by atoms with E-state index in [1.54, 1.807) is 10.6 Å². The maximum atomic E-state index is 15.1. The SMILES string of the molecule is CC(Nc1ccc2c(c1F)OCCn1cc(N3C(=O)SCC[C@H]3C(F)F)nc1-2)C(N)=O. The maximum Gasteiger partial charge on any atom is 0.287 e. The van der Waals surface area contributed by atoms with Crippen LogP contribution in [0.15, 0.2) is 18.3 Å². The van der Waals surface area contributed by atoms with Crippen LogP contribution in [0.4, 0.5) is 29.5 Å². The fraction of sp³-hybridized carbons (Fsp3) is 0.421. The number of thioether (sulfide) groups is 1. The summed E-state index contributed by atoms with van der Waals surface area (Å²) in [5.74, 6) is -0.740. The number of halogens is 3. The highest BCUT2D eigenvalue weighted by Gasteiger charge is 2.38. The molecule has 1 aromatic carbocycles. The van der Waals surface area contributed by atoms with Crippen LogP contribution >= 0.6 is 11.8 Å². The number of nitrogens with one attached hydrogen (secondary N) is 1. The van der Waals surface area contributed by atoms with E-state index in [2.05, 4.69) is 10.3 Å². The summed E-state index contributed by atoms with van der Waals surface area (Å²) in [6.07, 6.45) is -1.05. The third-order valence-electron chi connectivity index (χ3n) is 5.18. The molecule has 4 rings (SSSR count). The zero-order chi connectivity index (χ0) is 22.3. The summed E-state index contributed by atoms with van der Waals surface area (Å²) in [6.45, 7) is 1.88. The van der Waals surface area contributed by atoms with Crippen molar-refractivity contribution in [3.05, 3.63) is 24.1 Å². The van der Waals surface area contributed by atoms with Crippen molar-refractivity contribution in [2.24, 2.45) is 5.73 Å². The Morgan fingerprint density at radius 2 is 2.19 bits per heavy atom. The molecule has 31 heavy (non-hydrogen) atoms. The largest absolute Gasteiger partial charge is 0.488 e. The van der Waals surface area contributed by atoms with Gasteiger partial charge < -0.3 is 20.4 Å². The van der Waals surface area contributed by atoms with Gasteiger partial charge in [-0.2, -0.15) is 0 Å². The zero-order valence-electron chi connectivity index (χ0n) is 16.5. The molecule has 0 aliphatic carbocycles. The number of primary amides is 1. The molecule has 0 spiro atoms. The number of amides is 2. The number of hydrogen-bond acceptors (Lipinski definition) is 6. The van der Waals surface area contributed by atoms with Crippen LogP contribution in [0.2, 0.25) is 0 Å². The Morgan fingerprint density at radius 1 is 1.42 bits per heavy atom. The predicted octanol–water partition coefficient (Wildman–Crippen LogP) is 3.06. The Kier molecular flexibility index (Phi) is 5.73. The number of fused-ring (bicyclic) bond motifs is 3. The molecule has 2 amide bonds. The smallest absolute Gasteiger partial charge is 0.287 e. The van der Waals surface area contributed by atoms with Crippen LogP contribution in [0.25, 0.3) is 11.4 Å². The molecule has 1 aromatic heterocycles. The topological polar surface area (TPSA) is 102 Å². The molecule has 8 nitrogen and oxygen atoms in total. The van der Waals surface area contributed by atoms with Crippen molar-refractivity contribution >= 4 is 34.4 Å². The lowest BCUT2D eigenvalue weighted by Crippen LogP contribution is -2.46. The summed E-state index contributed by atoms with van der Waals surface area (Å²) < 4.78 is 49.4. The van der Waals surface area contributed by atoms with Gasteiger partial charge in [0.1, 0.15) is 24.5 Å². The number of benzene rings is 1. The summed E-state index contributed by atoms with van der Waals surface area (Å²) in [5, 5.41) is 2.20. The molecule has 1 fully saturated rings. The van der Waals surface area contributed by atoms with E-state index in [-0.39, 0.29) is 36.8 Å². The highest BCUT2D eigenvalue weighted by Crippen LogP contribution is 2.40. The van der Waals surface area contributed by atoms with Gasteiger partial charge in [0.2, 0.25) is 5.91 Å². The number of imidazole rings is 1. The first-order valence-corrected chi connectivity index (χ1v) is 10.6. The van der Waals surface area contributed by atoms with Crippen LogP contribution in [0.3, 0.4) is 0 Å². The molecule has 2 aromatic rings. The predicted molar refractivity (Wildman–Crippen MR) is 110 cm³/mol. The number of carbonyl (C=O) groups excluding carboxylic acids is 2. The molecule has 12 heteroatoms. The van der Waals surface area contributed by atoms with Gasteiger partial charge in [-0.25, -0.2) is 18.2 Å². The van der Waals surface area contributed by atoms with Crippen LogP contribution in [-0.2, 0) is 11.3 Å². The molecule has 2 aliphatic heterocycles. The molecule has 3 heterocycles. The van der Waals surface area contributed by atoms with Crippen molar-refractivity contribution in [1.82, 2.24) is 9.55 Å². The van der Waals surface area contributed by atoms with E-state index in [1.165, 1.54) is 19.2 Å². The molecule has 1 unspecified atom stereocenters. The molecule has 2 atom stereocenters. The van der Waals surface area contributed by atoms with Crippen LogP contribution in [0, 0.1) is 5.82 Å². The van der Waals surface area contributed by atoms with E-state index >= 15 is 4.39 Å². The maximum absolute atomic E-state index is 15.1. The first-order valence-electron chi connectivity index (χ1n) is 9.60. The van der Waals surface area contributed by atoms with E-state index in [9.17, 15) is 18.4 Å². The number of hydrogen-bond donors (Lipinski definition) is 2. The third-order valence-corrected chi connectivity index (χ3v) is 6.07. The van der Waals surface area contributed by atoms with Crippen molar-refractivity contribution in [3.63, 3.8) is 0 Å². The molecule has 166 valence electrons. The average molecular weight is 455 g/mol. The van der Waals surface area contributed by atoms with Gasteiger partial charge in [0.25, 0.3) is 11.7 Å². The first-order chi connectivity index (χ1) is 14.8. The normalized spacial score (nSPS) is 19.3. The summed E-state index contributed by atoms with van der Waals surface area (Å²) in [5.41, 5.74) is 5.56. The lowest BCUT2D eigenvalue weighted by atomic mass is 10.1. The number of ether oxygens (including phenoxy) is 1. The van der Waals surface area contributed by atoms with Gasteiger partial charge in [-0.3, -0.25) is 14.5 Å². The van der Waals surface area contributed by atoms with Crippen molar-refractivity contribution in [2.45, 2.75) is 38.4 Å². The standard InChI is InChI=1S/C19H20F3N5O3S/c1-9(17(23)28)24-11-3-2-10-15(14(11)20)30-6-5-26-8-13(25-18(10)26)27-12(16(21)22)4-7-31-19(27)29/h2-3,8-9,12,16,24H,4-7H2,1H3,(H2,23,28)/t9?,12-/m0/s1. The van der Waals surface area contributed by atoms with E-state index < -0.39 is 35.5 Å². The molecule has 0 radical (unpaired) electrons. The fourth-order valence-electron chi connectivity index (χ4n) is 3.54. The average Bonchev–Trinajstić information content (AvgIpc) is 3.05. The molecule has 0 bridgehead atoms. The summed E-state index contributed by atoms with van der Waals surface area (Å²) in [6, 6.07) is 0.910. The number of aromatic nitrogens is 2. The Hall–Kier alpha value is -2.89. The lowest BCUT2D eigenvalue weighted by molar-refractivity contribution is -0.118. The van der Waals surface area contributed by atoms with Crippen LogP contribution < -0.4 is 20.7 Å². The molecule has 1 saturated heterocycles. The highest BCUT2D eigenvalue weighted by molar-refractivity contribution is 8.14.